The molecule has 0 N–H and O–H groups in total. The first-order valence-electron chi connectivity index (χ1n) is 34.3. The van der Waals surface area contributed by atoms with Crippen molar-refractivity contribution < 1.29 is 0 Å². The molecule has 14 aromatic carbocycles. The number of allylic oxidation sites excluding steroid dienone is 4. The third kappa shape index (κ3) is 11.4. The Bertz CT molecular complexity index is 5140. The van der Waals surface area contributed by atoms with E-state index in [1.165, 1.54) is 77.9 Å². The zero-order chi connectivity index (χ0) is 67.2. The van der Waals surface area contributed by atoms with Crippen LogP contribution in [0.25, 0.3) is 83.5 Å². The summed E-state index contributed by atoms with van der Waals surface area (Å²) in [6, 6.07) is 125. The quantitative estimate of drug-likeness (QED) is 0.0842. The number of rotatable bonds is 17. The number of benzene rings is 14. The molecule has 0 spiro atoms. The van der Waals surface area contributed by atoms with E-state index in [4.69, 9.17) is 0 Å². The topological polar surface area (TPSA) is 9.72 Å². The van der Waals surface area contributed by atoms with Gasteiger partial charge in [-0.2, -0.15) is 0 Å². The summed E-state index contributed by atoms with van der Waals surface area (Å²) in [7, 11) is 0. The zero-order valence-electron chi connectivity index (χ0n) is 56.3. The molecule has 0 unspecified atom stereocenters. The summed E-state index contributed by atoms with van der Waals surface area (Å²) in [5, 5.41) is 0. The molecule has 0 heterocycles. The molecule has 3 heteroatoms. The fourth-order valence-electron chi connectivity index (χ4n) is 15.3. The van der Waals surface area contributed by atoms with E-state index in [2.05, 4.69) is 395 Å². The van der Waals surface area contributed by atoms with Gasteiger partial charge in [0.25, 0.3) is 0 Å². The first kappa shape index (κ1) is 61.6. The average Bonchev–Trinajstić information content (AvgIpc) is 1.54. The fraction of sp³-hybridized carbons (Fsp3) is 0.0625. The second-order valence-corrected chi connectivity index (χ2v) is 27.0. The maximum absolute atomic E-state index is 4.12. The van der Waals surface area contributed by atoms with E-state index in [0.717, 1.165) is 84.6 Å². The van der Waals surface area contributed by atoms with Crippen molar-refractivity contribution in [3.05, 3.63) is 399 Å². The van der Waals surface area contributed by atoms with Gasteiger partial charge in [-0.15, -0.1) is 0 Å². The molecule has 16 rings (SSSR count). The van der Waals surface area contributed by atoms with Crippen molar-refractivity contribution in [3.63, 3.8) is 0 Å². The third-order valence-corrected chi connectivity index (χ3v) is 20.4. The Morgan fingerprint density at radius 1 is 0.263 bits per heavy atom. The van der Waals surface area contributed by atoms with Crippen molar-refractivity contribution in [1.29, 1.82) is 0 Å². The summed E-state index contributed by atoms with van der Waals surface area (Å²) in [5.41, 5.74) is 32.8. The average molecular weight is 1270 g/mol. The van der Waals surface area contributed by atoms with Crippen LogP contribution in [0.5, 0.6) is 0 Å². The van der Waals surface area contributed by atoms with Gasteiger partial charge in [0.05, 0.1) is 5.69 Å². The molecule has 0 aliphatic heterocycles. The van der Waals surface area contributed by atoms with Gasteiger partial charge in [-0.3, -0.25) is 0 Å². The molecule has 0 saturated heterocycles. The lowest BCUT2D eigenvalue weighted by molar-refractivity contribution is 0.652. The maximum Gasteiger partial charge on any atom is 0.0529 e. The molecule has 0 amide bonds. The van der Waals surface area contributed by atoms with Crippen LogP contribution in [0.3, 0.4) is 0 Å². The van der Waals surface area contributed by atoms with Gasteiger partial charge < -0.3 is 14.7 Å². The van der Waals surface area contributed by atoms with E-state index in [1.807, 2.05) is 18.2 Å². The van der Waals surface area contributed by atoms with Crippen LogP contribution in [0.2, 0.25) is 0 Å². The van der Waals surface area contributed by atoms with E-state index in [9.17, 15) is 0 Å². The molecule has 0 radical (unpaired) electrons. The van der Waals surface area contributed by atoms with Crippen LogP contribution in [0, 0.1) is 0 Å². The molecule has 2 aliphatic carbocycles. The summed E-state index contributed by atoms with van der Waals surface area (Å²) in [6.07, 6.45) is 5.72. The van der Waals surface area contributed by atoms with Crippen LogP contribution in [-0.2, 0) is 10.8 Å². The summed E-state index contributed by atoms with van der Waals surface area (Å²) in [5.74, 6) is 0. The Morgan fingerprint density at radius 3 is 0.929 bits per heavy atom. The van der Waals surface area contributed by atoms with Crippen molar-refractivity contribution in [2.75, 3.05) is 14.7 Å². The number of hydrogen-bond donors (Lipinski definition) is 0. The number of anilines is 9. The first-order chi connectivity index (χ1) is 48.5. The minimum absolute atomic E-state index is 0.385. The highest BCUT2D eigenvalue weighted by atomic mass is 15.2. The van der Waals surface area contributed by atoms with Crippen LogP contribution in [-0.4, -0.2) is 0 Å². The van der Waals surface area contributed by atoms with Crippen molar-refractivity contribution in [2.45, 2.75) is 38.5 Å². The second kappa shape index (κ2) is 25.7. The SMILES string of the molecule is C=C/C=C(\C=C)c1ccc(N(c2ccc(-c3ccccc3)cc2)c2ccc3c(c2)C(C)(C)c2cc4c(cc2-3)C(C)(C)c2c-4cc(N(c3ccc(-c4ccccc4)cc3)c3ccc(-c4ccccc4)cc3)cc2N(c2ccc(-c3ccccc3)cc2)c2ccc(-c3ccccc3)cc2)cc1. The Morgan fingerprint density at radius 2 is 0.566 bits per heavy atom. The third-order valence-electron chi connectivity index (χ3n) is 20.4. The van der Waals surface area contributed by atoms with E-state index in [1.54, 1.807) is 0 Å². The monoisotopic (exact) mass is 1270 g/mol. The van der Waals surface area contributed by atoms with Crippen LogP contribution in [0.1, 0.15) is 55.5 Å². The largest absolute Gasteiger partial charge is 0.310 e. The van der Waals surface area contributed by atoms with E-state index < -0.39 is 5.41 Å². The van der Waals surface area contributed by atoms with Crippen molar-refractivity contribution in [2.24, 2.45) is 0 Å². The van der Waals surface area contributed by atoms with Crippen LogP contribution in [0.4, 0.5) is 51.2 Å². The van der Waals surface area contributed by atoms with Gasteiger partial charge in [0.15, 0.2) is 0 Å². The van der Waals surface area contributed by atoms with Gasteiger partial charge in [-0.1, -0.05) is 290 Å². The zero-order valence-corrected chi connectivity index (χ0v) is 56.3. The molecule has 0 aromatic heterocycles. The molecular weight excluding hydrogens is 1200 g/mol. The molecule has 0 fully saturated rings. The van der Waals surface area contributed by atoms with Gasteiger partial charge in [0.1, 0.15) is 0 Å². The maximum atomic E-state index is 4.12. The minimum Gasteiger partial charge on any atom is -0.310 e. The number of nitrogens with zero attached hydrogens (tertiary/aromatic N) is 3. The van der Waals surface area contributed by atoms with E-state index in [0.29, 0.717) is 0 Å². The van der Waals surface area contributed by atoms with Crippen molar-refractivity contribution >= 4 is 56.8 Å². The van der Waals surface area contributed by atoms with Gasteiger partial charge in [-0.05, 0) is 220 Å². The molecular formula is C96H75N3. The lowest BCUT2D eigenvalue weighted by Crippen LogP contribution is -2.21. The second-order valence-electron chi connectivity index (χ2n) is 27.0. The lowest BCUT2D eigenvalue weighted by Gasteiger charge is -2.34. The molecule has 0 saturated carbocycles. The molecule has 0 atom stereocenters. The Labute approximate surface area is 583 Å². The van der Waals surface area contributed by atoms with Crippen LogP contribution in [0.15, 0.2) is 371 Å². The first-order valence-corrected chi connectivity index (χ1v) is 34.3. The van der Waals surface area contributed by atoms with Gasteiger partial charge >= 0.3 is 0 Å². The normalized spacial score (nSPS) is 12.9. The van der Waals surface area contributed by atoms with Crippen LogP contribution >= 0.6 is 0 Å². The predicted molar refractivity (Wildman–Crippen MR) is 421 cm³/mol. The summed E-state index contributed by atoms with van der Waals surface area (Å²) in [4.78, 5) is 7.39. The Kier molecular flexibility index (Phi) is 16.0. The molecule has 0 bridgehead atoms. The minimum atomic E-state index is -0.479. The van der Waals surface area contributed by atoms with Gasteiger partial charge in [-0.25, -0.2) is 0 Å². The Balaban J connectivity index is 0.889. The molecule has 14 aromatic rings. The van der Waals surface area contributed by atoms with E-state index >= 15 is 0 Å². The molecule has 474 valence electrons. The lowest BCUT2D eigenvalue weighted by atomic mass is 9.78. The number of fused-ring (bicyclic) bond motifs is 6. The standard InChI is InChI=1S/C96H75N3/c1-7-24-66(8-2)72-35-47-78(48-36-72)97(79-49-37-73(38-50-79)67-25-14-9-15-26-67)84-59-60-86-87-64-92-88(65-91(87)95(3,4)90(86)62-84)89-61-85(98(80-51-39-74(40-52-80)68-27-16-10-17-28-68)81-53-41-75(42-54-81)69-29-18-11-19-30-69)63-93(94(89)96(92,5)6)99(82-55-43-76(44-56-82)70-31-20-12-21-32-70)83-57-45-77(46-58-83)71-33-22-13-23-34-71/h7-65H,1-2H2,3-6H3/b66-24+. The highest BCUT2D eigenvalue weighted by Crippen LogP contribution is 2.61. The summed E-state index contributed by atoms with van der Waals surface area (Å²) >= 11 is 0. The molecule has 2 aliphatic rings. The highest BCUT2D eigenvalue weighted by Gasteiger charge is 2.44. The number of hydrogen-bond acceptors (Lipinski definition) is 3. The van der Waals surface area contributed by atoms with Gasteiger partial charge in [0, 0.05) is 56.3 Å². The van der Waals surface area contributed by atoms with Crippen molar-refractivity contribution in [1.82, 2.24) is 0 Å². The fourth-order valence-corrected chi connectivity index (χ4v) is 15.3. The molecule has 99 heavy (non-hydrogen) atoms. The van der Waals surface area contributed by atoms with Crippen molar-refractivity contribution in [3.8, 4) is 77.9 Å². The highest BCUT2D eigenvalue weighted by molar-refractivity contribution is 5.99. The van der Waals surface area contributed by atoms with Gasteiger partial charge in [0.2, 0.25) is 0 Å². The Hall–Kier alpha value is -12.3. The molecule has 3 nitrogen and oxygen atoms in total. The summed E-state index contributed by atoms with van der Waals surface area (Å²) < 4.78 is 0. The van der Waals surface area contributed by atoms with E-state index in [-0.39, 0.29) is 5.41 Å². The summed E-state index contributed by atoms with van der Waals surface area (Å²) in [6.45, 7) is 17.9. The van der Waals surface area contributed by atoms with Crippen LogP contribution < -0.4 is 14.7 Å². The smallest absolute Gasteiger partial charge is 0.0529 e. The predicted octanol–water partition coefficient (Wildman–Crippen LogP) is 26.8.